The molecule has 0 radical (unpaired) electrons. The van der Waals surface area contributed by atoms with E-state index < -0.39 is 0 Å². The van der Waals surface area contributed by atoms with Gasteiger partial charge in [-0.2, -0.15) is 0 Å². The Morgan fingerprint density at radius 2 is 1.00 bits per heavy atom. The van der Waals surface area contributed by atoms with Crippen molar-refractivity contribution in [2.45, 2.75) is 38.5 Å². The molecular formula is C47H33N3. The van der Waals surface area contributed by atoms with Gasteiger partial charge < -0.3 is 0 Å². The van der Waals surface area contributed by atoms with Crippen LogP contribution in [0.15, 0.2) is 128 Å². The number of hydrogen-bond acceptors (Lipinski definition) is 3. The minimum atomic E-state index is -0.175. The summed E-state index contributed by atoms with van der Waals surface area (Å²) >= 11 is 0. The van der Waals surface area contributed by atoms with Crippen molar-refractivity contribution in [1.29, 1.82) is 0 Å². The SMILES string of the molecule is CC1(C)c2cc(-c3ncnc(-c4ccc5c(c4)C(C)(C)c4cc6ccc7cccc8ccc(c4-5)c6c78)n3)ccc2-c2c1ccc1ccccc21. The van der Waals surface area contributed by atoms with Crippen LogP contribution in [0.5, 0.6) is 0 Å². The van der Waals surface area contributed by atoms with Crippen LogP contribution in [0, 0.1) is 0 Å². The molecule has 2 aliphatic carbocycles. The van der Waals surface area contributed by atoms with Crippen molar-refractivity contribution in [3.63, 3.8) is 0 Å². The van der Waals surface area contributed by atoms with E-state index in [4.69, 9.17) is 15.0 Å². The molecule has 236 valence electrons. The van der Waals surface area contributed by atoms with Crippen molar-refractivity contribution < 1.29 is 0 Å². The Kier molecular flexibility index (Phi) is 5.25. The van der Waals surface area contributed by atoms with Gasteiger partial charge in [0.25, 0.3) is 0 Å². The van der Waals surface area contributed by atoms with Gasteiger partial charge in [-0.25, -0.2) is 15.0 Å². The van der Waals surface area contributed by atoms with Crippen LogP contribution >= 0.6 is 0 Å². The van der Waals surface area contributed by atoms with Gasteiger partial charge in [-0.3, -0.25) is 0 Å². The molecule has 0 aliphatic heterocycles. The first-order valence-electron chi connectivity index (χ1n) is 17.5. The van der Waals surface area contributed by atoms with Crippen LogP contribution in [0.3, 0.4) is 0 Å². The van der Waals surface area contributed by atoms with Gasteiger partial charge in [-0.05, 0) is 106 Å². The zero-order valence-corrected chi connectivity index (χ0v) is 28.5. The number of aromatic nitrogens is 3. The number of hydrogen-bond donors (Lipinski definition) is 0. The Bertz CT molecular complexity index is 2910. The van der Waals surface area contributed by atoms with E-state index in [1.54, 1.807) is 6.33 Å². The predicted molar refractivity (Wildman–Crippen MR) is 207 cm³/mol. The summed E-state index contributed by atoms with van der Waals surface area (Å²) in [6.45, 7) is 9.36. The Labute approximate surface area is 290 Å². The Balaban J connectivity index is 1.03. The van der Waals surface area contributed by atoms with Gasteiger partial charge in [0.15, 0.2) is 11.6 Å². The van der Waals surface area contributed by atoms with E-state index in [1.807, 2.05) is 0 Å². The highest BCUT2D eigenvalue weighted by Gasteiger charge is 2.38. The van der Waals surface area contributed by atoms with Crippen molar-refractivity contribution in [2.24, 2.45) is 0 Å². The Hall–Kier alpha value is -5.93. The maximum Gasteiger partial charge on any atom is 0.163 e. The first-order chi connectivity index (χ1) is 24.3. The summed E-state index contributed by atoms with van der Waals surface area (Å²) < 4.78 is 0. The largest absolute Gasteiger partial charge is 0.217 e. The van der Waals surface area contributed by atoms with E-state index in [0.29, 0.717) is 11.6 Å². The average molecular weight is 640 g/mol. The lowest BCUT2D eigenvalue weighted by Gasteiger charge is -2.23. The molecule has 1 aromatic heterocycles. The molecule has 0 amide bonds. The lowest BCUT2D eigenvalue weighted by atomic mass is 9.80. The third-order valence-corrected chi connectivity index (χ3v) is 11.9. The average Bonchev–Trinajstić information content (AvgIpc) is 3.52. The fourth-order valence-electron chi connectivity index (χ4n) is 9.38. The molecule has 0 saturated heterocycles. The summed E-state index contributed by atoms with van der Waals surface area (Å²) in [5, 5.41) is 10.5. The molecular weight excluding hydrogens is 607 g/mol. The molecule has 2 aliphatic rings. The predicted octanol–water partition coefficient (Wildman–Crippen LogP) is 11.9. The molecule has 50 heavy (non-hydrogen) atoms. The maximum atomic E-state index is 5.09. The van der Waals surface area contributed by atoms with Gasteiger partial charge in [-0.15, -0.1) is 0 Å². The third kappa shape index (κ3) is 3.52. The standard InChI is InChI=1S/C47H33N3/c1-46(2)36-21-17-26-8-5-6-11-32(26)42(36)33-18-15-30(23-37(33)46)44-48-25-49-45(50-44)31-16-19-34-38(24-31)47(3,4)39-22-29-13-12-27-9-7-10-28-14-20-35(43(34)39)41(29)40(27)28/h5-25H,1-4H3. The summed E-state index contributed by atoms with van der Waals surface area (Å²) in [4.78, 5) is 14.5. The first kappa shape index (κ1) is 28.0. The molecule has 0 bridgehead atoms. The topological polar surface area (TPSA) is 38.7 Å². The normalized spacial score (nSPS) is 15.1. The fourth-order valence-corrected chi connectivity index (χ4v) is 9.38. The van der Waals surface area contributed by atoms with Gasteiger partial charge >= 0.3 is 0 Å². The summed E-state index contributed by atoms with van der Waals surface area (Å²) in [5.41, 5.74) is 12.4. The minimum Gasteiger partial charge on any atom is -0.217 e. The summed E-state index contributed by atoms with van der Waals surface area (Å²) in [6, 6.07) is 45.0. The van der Waals surface area contributed by atoms with E-state index >= 15 is 0 Å². The molecule has 11 rings (SSSR count). The zero-order valence-electron chi connectivity index (χ0n) is 28.5. The summed E-state index contributed by atoms with van der Waals surface area (Å²) in [5.74, 6) is 1.39. The number of rotatable bonds is 2. The molecule has 0 N–H and O–H groups in total. The smallest absolute Gasteiger partial charge is 0.163 e. The van der Waals surface area contributed by atoms with E-state index in [9.17, 15) is 0 Å². The number of nitrogens with zero attached hydrogens (tertiary/aromatic N) is 3. The fraction of sp³-hybridized carbons (Fsp3) is 0.128. The van der Waals surface area contributed by atoms with E-state index in [1.165, 1.54) is 87.6 Å². The molecule has 0 spiro atoms. The van der Waals surface area contributed by atoms with Crippen LogP contribution in [-0.2, 0) is 10.8 Å². The van der Waals surface area contributed by atoms with Gasteiger partial charge in [0.05, 0.1) is 0 Å². The van der Waals surface area contributed by atoms with Gasteiger partial charge in [0.2, 0.25) is 0 Å². The molecule has 0 saturated carbocycles. The van der Waals surface area contributed by atoms with Crippen molar-refractivity contribution in [3.05, 3.63) is 150 Å². The zero-order chi connectivity index (χ0) is 33.5. The lowest BCUT2D eigenvalue weighted by molar-refractivity contribution is 0.661. The van der Waals surface area contributed by atoms with Crippen LogP contribution in [0.4, 0.5) is 0 Å². The second-order valence-electron chi connectivity index (χ2n) is 15.3. The molecule has 1 heterocycles. The molecule has 8 aromatic carbocycles. The molecule has 0 atom stereocenters. The highest BCUT2D eigenvalue weighted by molar-refractivity contribution is 6.26. The summed E-state index contributed by atoms with van der Waals surface area (Å²) in [6.07, 6.45) is 1.66. The Morgan fingerprint density at radius 3 is 1.72 bits per heavy atom. The van der Waals surface area contributed by atoms with Gasteiger partial charge in [-0.1, -0.05) is 131 Å². The molecule has 3 nitrogen and oxygen atoms in total. The van der Waals surface area contributed by atoms with E-state index in [2.05, 4.69) is 149 Å². The first-order valence-corrected chi connectivity index (χ1v) is 17.5. The minimum absolute atomic E-state index is 0.131. The van der Waals surface area contributed by atoms with Crippen LogP contribution in [-0.4, -0.2) is 15.0 Å². The van der Waals surface area contributed by atoms with Crippen molar-refractivity contribution in [1.82, 2.24) is 15.0 Å². The van der Waals surface area contributed by atoms with E-state index in [0.717, 1.165) is 11.1 Å². The van der Waals surface area contributed by atoms with Crippen LogP contribution in [0.1, 0.15) is 49.9 Å². The summed E-state index contributed by atoms with van der Waals surface area (Å²) in [7, 11) is 0. The quantitative estimate of drug-likeness (QED) is 0.177. The monoisotopic (exact) mass is 639 g/mol. The molecule has 0 unspecified atom stereocenters. The van der Waals surface area contributed by atoms with Crippen molar-refractivity contribution in [2.75, 3.05) is 0 Å². The highest BCUT2D eigenvalue weighted by Crippen LogP contribution is 2.55. The number of fused-ring (bicyclic) bond motifs is 9. The maximum absolute atomic E-state index is 5.09. The third-order valence-electron chi connectivity index (χ3n) is 11.9. The van der Waals surface area contributed by atoms with Crippen molar-refractivity contribution in [3.8, 4) is 45.0 Å². The van der Waals surface area contributed by atoms with Crippen LogP contribution in [0.25, 0.3) is 88.1 Å². The van der Waals surface area contributed by atoms with Gasteiger partial charge in [0, 0.05) is 22.0 Å². The van der Waals surface area contributed by atoms with Crippen LogP contribution in [0.2, 0.25) is 0 Å². The lowest BCUT2D eigenvalue weighted by Crippen LogP contribution is -2.15. The molecule has 9 aromatic rings. The molecule has 3 heteroatoms. The van der Waals surface area contributed by atoms with Crippen LogP contribution < -0.4 is 0 Å². The second kappa shape index (κ2) is 9.40. The van der Waals surface area contributed by atoms with Gasteiger partial charge in [0.1, 0.15) is 6.33 Å². The Morgan fingerprint density at radius 1 is 0.420 bits per heavy atom. The van der Waals surface area contributed by atoms with Crippen molar-refractivity contribution >= 4 is 43.1 Å². The highest BCUT2D eigenvalue weighted by atomic mass is 15.0. The number of benzene rings is 8. The second-order valence-corrected chi connectivity index (χ2v) is 15.3. The molecule has 0 fully saturated rings. The van der Waals surface area contributed by atoms with E-state index in [-0.39, 0.29) is 10.8 Å².